The molecule has 0 atom stereocenters. The number of ether oxygens (including phenoxy) is 2. The molecule has 1 aliphatic carbocycles. The molecule has 0 aliphatic heterocycles. The van der Waals surface area contributed by atoms with Gasteiger partial charge in [-0.25, -0.2) is 27.9 Å². The first kappa shape index (κ1) is 30.9. The van der Waals surface area contributed by atoms with Gasteiger partial charge in [-0.1, -0.05) is 30.3 Å². The normalized spacial score (nSPS) is 14.7. The SMILES string of the molecule is CC(C)(C)OC(=O)N(CCS(=O)(=O)Cc1ccccc1OC(F)F)C(=O)NC1(C(=O)c2nc3ccccc3o2)CCC1. The summed E-state index contributed by atoms with van der Waals surface area (Å²) in [6.07, 6.45) is -0.0249. The highest BCUT2D eigenvalue weighted by molar-refractivity contribution is 7.90. The van der Waals surface area contributed by atoms with Crippen molar-refractivity contribution in [3.05, 3.63) is 60.0 Å². The van der Waals surface area contributed by atoms with E-state index in [2.05, 4.69) is 15.0 Å². The second-order valence-electron chi connectivity index (χ2n) is 10.9. The number of carbonyl (C=O) groups excluding carboxylic acids is 3. The van der Waals surface area contributed by atoms with Crippen molar-refractivity contribution < 1.29 is 45.5 Å². The summed E-state index contributed by atoms with van der Waals surface area (Å²) in [6, 6.07) is 11.2. The van der Waals surface area contributed by atoms with Gasteiger partial charge in [-0.05, 0) is 58.2 Å². The van der Waals surface area contributed by atoms with E-state index in [4.69, 9.17) is 9.15 Å². The van der Waals surface area contributed by atoms with Gasteiger partial charge in [0.15, 0.2) is 15.4 Å². The van der Waals surface area contributed by atoms with Crippen LogP contribution in [0.4, 0.5) is 18.4 Å². The van der Waals surface area contributed by atoms with E-state index in [-0.39, 0.29) is 30.0 Å². The van der Waals surface area contributed by atoms with E-state index in [1.165, 1.54) is 24.3 Å². The maximum atomic E-state index is 13.5. The fourth-order valence-electron chi connectivity index (χ4n) is 4.35. The van der Waals surface area contributed by atoms with Gasteiger partial charge in [-0.15, -0.1) is 0 Å². The van der Waals surface area contributed by atoms with E-state index < -0.39 is 63.5 Å². The van der Waals surface area contributed by atoms with Gasteiger partial charge in [-0.2, -0.15) is 8.78 Å². The van der Waals surface area contributed by atoms with Crippen molar-refractivity contribution in [2.75, 3.05) is 12.3 Å². The fraction of sp³-hybridized carbons (Fsp3) is 0.429. The van der Waals surface area contributed by atoms with Crippen molar-refractivity contribution in [3.8, 4) is 5.75 Å². The summed E-state index contributed by atoms with van der Waals surface area (Å²) < 4.78 is 66.8. The molecular formula is C28H31F2N3O8S. The van der Waals surface area contributed by atoms with Crippen LogP contribution in [0, 0.1) is 0 Å². The zero-order chi connectivity index (χ0) is 30.7. The molecule has 3 amide bonds. The lowest BCUT2D eigenvalue weighted by molar-refractivity contribution is -0.0503. The standard InChI is InChI=1S/C28H31F2N3O8S/c1-27(2,3)41-26(36)33(15-16-42(37,38)17-18-9-4-6-11-20(18)40-24(29)30)25(35)32-28(13-8-14-28)22(34)23-31-19-10-5-7-12-21(19)39-23/h4-7,9-12,24H,8,13-17H2,1-3H3,(H,32,35). The van der Waals surface area contributed by atoms with Crippen LogP contribution >= 0.6 is 0 Å². The van der Waals surface area contributed by atoms with Crippen molar-refractivity contribution in [1.82, 2.24) is 15.2 Å². The molecule has 1 saturated carbocycles. The predicted molar refractivity (Wildman–Crippen MR) is 147 cm³/mol. The predicted octanol–water partition coefficient (Wildman–Crippen LogP) is 5.10. The average molecular weight is 608 g/mol. The number of para-hydroxylation sites is 3. The number of urea groups is 1. The highest BCUT2D eigenvalue weighted by Gasteiger charge is 2.49. The summed E-state index contributed by atoms with van der Waals surface area (Å²) in [5.74, 6) is -2.48. The van der Waals surface area contributed by atoms with Crippen LogP contribution in [0.15, 0.2) is 52.9 Å². The van der Waals surface area contributed by atoms with E-state index >= 15 is 0 Å². The topological polar surface area (TPSA) is 145 Å². The molecule has 1 heterocycles. The number of hydrogen-bond donors (Lipinski definition) is 1. The van der Waals surface area contributed by atoms with Crippen LogP contribution in [0.2, 0.25) is 0 Å². The summed E-state index contributed by atoms with van der Waals surface area (Å²) >= 11 is 0. The number of carbonyl (C=O) groups is 3. The summed E-state index contributed by atoms with van der Waals surface area (Å²) in [4.78, 5) is 44.7. The van der Waals surface area contributed by atoms with E-state index in [1.54, 1.807) is 45.0 Å². The van der Waals surface area contributed by atoms with Crippen LogP contribution in [0.3, 0.4) is 0 Å². The Morgan fingerprint density at radius 1 is 1.10 bits per heavy atom. The van der Waals surface area contributed by atoms with Gasteiger partial charge in [0.1, 0.15) is 22.4 Å². The first-order chi connectivity index (χ1) is 19.7. The lowest BCUT2D eigenvalue weighted by Gasteiger charge is -2.41. The Balaban J connectivity index is 1.53. The van der Waals surface area contributed by atoms with Crippen molar-refractivity contribution in [2.24, 2.45) is 0 Å². The summed E-state index contributed by atoms with van der Waals surface area (Å²) in [5, 5.41) is 2.59. The minimum atomic E-state index is -4.05. The molecule has 0 unspecified atom stereocenters. The molecule has 0 spiro atoms. The van der Waals surface area contributed by atoms with Crippen LogP contribution in [-0.4, -0.2) is 66.3 Å². The molecule has 1 fully saturated rings. The van der Waals surface area contributed by atoms with Crippen molar-refractivity contribution >= 4 is 38.8 Å². The van der Waals surface area contributed by atoms with Gasteiger partial charge < -0.3 is 19.2 Å². The second-order valence-corrected chi connectivity index (χ2v) is 13.1. The minimum Gasteiger partial charge on any atom is -0.443 e. The van der Waals surface area contributed by atoms with Gasteiger partial charge in [0.2, 0.25) is 5.78 Å². The van der Waals surface area contributed by atoms with Crippen LogP contribution in [0.5, 0.6) is 5.75 Å². The molecular weight excluding hydrogens is 576 g/mol. The molecule has 14 heteroatoms. The van der Waals surface area contributed by atoms with Crippen molar-refractivity contribution in [3.63, 3.8) is 0 Å². The Morgan fingerprint density at radius 3 is 2.38 bits per heavy atom. The van der Waals surface area contributed by atoms with E-state index in [0.717, 1.165) is 0 Å². The second kappa shape index (κ2) is 12.0. The molecule has 2 aromatic carbocycles. The van der Waals surface area contributed by atoms with Crippen molar-refractivity contribution in [1.29, 1.82) is 0 Å². The van der Waals surface area contributed by atoms with Gasteiger partial charge in [0.25, 0.3) is 5.89 Å². The molecule has 1 aromatic heterocycles. The van der Waals surface area contributed by atoms with Gasteiger partial charge in [-0.3, -0.25) is 4.79 Å². The number of halogens is 2. The number of oxazole rings is 1. The maximum absolute atomic E-state index is 13.5. The highest BCUT2D eigenvalue weighted by Crippen LogP contribution is 2.36. The number of aromatic nitrogens is 1. The Kier molecular flexibility index (Phi) is 8.85. The first-order valence-electron chi connectivity index (χ1n) is 13.1. The molecule has 4 rings (SSSR count). The number of nitrogens with one attached hydrogen (secondary N) is 1. The third-order valence-electron chi connectivity index (χ3n) is 6.53. The third-order valence-corrected chi connectivity index (χ3v) is 8.08. The van der Waals surface area contributed by atoms with Crippen LogP contribution < -0.4 is 10.1 Å². The Morgan fingerprint density at radius 2 is 1.76 bits per heavy atom. The number of sulfone groups is 1. The molecule has 3 aromatic rings. The molecule has 226 valence electrons. The maximum Gasteiger partial charge on any atom is 0.418 e. The van der Waals surface area contributed by atoms with E-state index in [0.29, 0.717) is 22.4 Å². The molecule has 0 bridgehead atoms. The fourth-order valence-corrected chi connectivity index (χ4v) is 5.67. The molecule has 1 aliphatic rings. The number of nitrogens with zero attached hydrogens (tertiary/aromatic N) is 2. The van der Waals surface area contributed by atoms with Crippen LogP contribution in [0.1, 0.15) is 56.3 Å². The third kappa shape index (κ3) is 7.41. The summed E-state index contributed by atoms with van der Waals surface area (Å²) in [7, 11) is -4.05. The quantitative estimate of drug-likeness (QED) is 0.311. The minimum absolute atomic E-state index is 0.0107. The number of alkyl halides is 2. The summed E-state index contributed by atoms with van der Waals surface area (Å²) in [5.41, 5.74) is -1.60. The zero-order valence-corrected chi connectivity index (χ0v) is 24.1. The molecule has 42 heavy (non-hydrogen) atoms. The molecule has 11 nitrogen and oxygen atoms in total. The monoisotopic (exact) mass is 607 g/mol. The largest absolute Gasteiger partial charge is 0.443 e. The molecule has 1 N–H and O–H groups in total. The first-order valence-corrected chi connectivity index (χ1v) is 15.0. The van der Waals surface area contributed by atoms with Gasteiger partial charge in [0, 0.05) is 12.1 Å². The molecule has 0 radical (unpaired) electrons. The number of benzene rings is 2. The number of fused-ring (bicyclic) bond motifs is 1. The average Bonchev–Trinajstić information content (AvgIpc) is 3.30. The zero-order valence-electron chi connectivity index (χ0n) is 23.3. The number of ketones is 1. The van der Waals surface area contributed by atoms with Crippen LogP contribution in [-0.2, 0) is 20.3 Å². The van der Waals surface area contributed by atoms with E-state index in [9.17, 15) is 31.6 Å². The Hall–Kier alpha value is -4.07. The van der Waals surface area contributed by atoms with Crippen LogP contribution in [0.25, 0.3) is 11.1 Å². The van der Waals surface area contributed by atoms with E-state index in [1.807, 2.05) is 0 Å². The highest BCUT2D eigenvalue weighted by atomic mass is 32.2. The number of amides is 3. The summed E-state index contributed by atoms with van der Waals surface area (Å²) in [6.45, 7) is 0.927. The number of Topliss-reactive ketones (excluding diaryl/α,β-unsaturated/α-hetero) is 1. The van der Waals surface area contributed by atoms with Crippen molar-refractivity contribution in [2.45, 2.75) is 63.5 Å². The lowest BCUT2D eigenvalue weighted by Crippen LogP contribution is -2.62. The number of hydrogen-bond acceptors (Lipinski definition) is 9. The Bertz CT molecular complexity index is 1550. The smallest absolute Gasteiger partial charge is 0.418 e. The number of imide groups is 1. The lowest BCUT2D eigenvalue weighted by atomic mass is 9.73. The number of rotatable bonds is 10. The van der Waals surface area contributed by atoms with Gasteiger partial charge in [0.05, 0.1) is 11.5 Å². The van der Waals surface area contributed by atoms with Gasteiger partial charge >= 0.3 is 18.7 Å². The molecule has 0 saturated heterocycles. The Labute approximate surface area is 241 Å².